The highest BCUT2D eigenvalue weighted by atomic mass is 16.5. The molecule has 0 aliphatic carbocycles. The number of hydrogen-bond donors (Lipinski definition) is 1. The summed E-state index contributed by atoms with van der Waals surface area (Å²) in [4.78, 5) is 28.8. The highest BCUT2D eigenvalue weighted by Crippen LogP contribution is 2.34. The van der Waals surface area contributed by atoms with Gasteiger partial charge < -0.3 is 24.6 Å². The monoisotopic (exact) mass is 347 g/mol. The number of anilines is 1. The second-order valence-electron chi connectivity index (χ2n) is 6.37. The third-order valence-corrected chi connectivity index (χ3v) is 4.80. The van der Waals surface area contributed by atoms with E-state index in [2.05, 4.69) is 5.32 Å². The molecule has 2 heterocycles. The first-order valence-electron chi connectivity index (χ1n) is 8.66. The maximum Gasteiger partial charge on any atom is 0.228 e. The summed E-state index contributed by atoms with van der Waals surface area (Å²) in [6.45, 7) is 3.63. The van der Waals surface area contributed by atoms with Crippen LogP contribution in [0.2, 0.25) is 0 Å². The fraction of sp³-hybridized carbons (Fsp3) is 0.556. The zero-order chi connectivity index (χ0) is 17.8. The predicted molar refractivity (Wildman–Crippen MR) is 94.1 cm³/mol. The molecule has 2 fully saturated rings. The van der Waals surface area contributed by atoms with E-state index in [0.717, 1.165) is 31.7 Å². The van der Waals surface area contributed by atoms with Crippen LogP contribution in [0.15, 0.2) is 18.2 Å². The molecule has 2 amide bonds. The normalized spacial score (nSPS) is 21.2. The summed E-state index contributed by atoms with van der Waals surface area (Å²) in [5.41, 5.74) is 0.732. The quantitative estimate of drug-likeness (QED) is 0.875. The zero-order valence-corrected chi connectivity index (χ0v) is 14.8. The van der Waals surface area contributed by atoms with Crippen molar-refractivity contribution in [3.8, 4) is 11.5 Å². The lowest BCUT2D eigenvalue weighted by Crippen LogP contribution is -2.39. The van der Waals surface area contributed by atoms with Crippen molar-refractivity contribution in [2.45, 2.75) is 12.8 Å². The van der Waals surface area contributed by atoms with Gasteiger partial charge in [-0.25, -0.2) is 0 Å². The van der Waals surface area contributed by atoms with E-state index in [4.69, 9.17) is 9.47 Å². The van der Waals surface area contributed by atoms with Gasteiger partial charge in [0.15, 0.2) is 11.5 Å². The molecule has 136 valence electrons. The van der Waals surface area contributed by atoms with Crippen molar-refractivity contribution < 1.29 is 19.1 Å². The zero-order valence-electron chi connectivity index (χ0n) is 14.8. The van der Waals surface area contributed by atoms with Gasteiger partial charge in [0.2, 0.25) is 11.8 Å². The van der Waals surface area contributed by atoms with Crippen LogP contribution >= 0.6 is 0 Å². The number of rotatable bonds is 4. The van der Waals surface area contributed by atoms with Crippen LogP contribution in [0, 0.1) is 5.92 Å². The molecule has 7 nitrogen and oxygen atoms in total. The largest absolute Gasteiger partial charge is 0.493 e. The molecule has 1 aromatic rings. The molecule has 2 saturated heterocycles. The summed E-state index contributed by atoms with van der Waals surface area (Å²) in [6, 6.07) is 5.37. The minimum Gasteiger partial charge on any atom is -0.493 e. The summed E-state index contributed by atoms with van der Waals surface area (Å²) in [6.07, 6.45) is 1.21. The summed E-state index contributed by atoms with van der Waals surface area (Å²) in [5.74, 6) is 0.959. The number of carbonyl (C=O) groups is 2. The molecule has 1 atom stereocenters. The summed E-state index contributed by atoms with van der Waals surface area (Å²) in [5, 5.41) is 3.29. The molecule has 1 N–H and O–H groups in total. The molecular formula is C18H25N3O4. The second kappa shape index (κ2) is 7.74. The van der Waals surface area contributed by atoms with Gasteiger partial charge in [0.25, 0.3) is 0 Å². The van der Waals surface area contributed by atoms with Gasteiger partial charge in [-0.2, -0.15) is 0 Å². The fourth-order valence-electron chi connectivity index (χ4n) is 3.44. The van der Waals surface area contributed by atoms with E-state index in [1.165, 1.54) is 0 Å². The van der Waals surface area contributed by atoms with Crippen LogP contribution in [0.5, 0.6) is 11.5 Å². The van der Waals surface area contributed by atoms with Crippen LogP contribution in [0.4, 0.5) is 5.69 Å². The van der Waals surface area contributed by atoms with Crippen molar-refractivity contribution in [1.29, 1.82) is 0 Å². The number of nitrogens with zero attached hydrogens (tertiary/aromatic N) is 2. The lowest BCUT2D eigenvalue weighted by Gasteiger charge is -2.24. The molecule has 0 bridgehead atoms. The number of nitrogens with one attached hydrogen (secondary N) is 1. The Bertz CT molecular complexity index is 641. The average molecular weight is 347 g/mol. The standard InChI is InChI=1S/C18H25N3O4/c1-24-15-5-4-14(11-16(15)25-2)21-12-13(10-17(21)22)18(23)20-8-3-6-19-7-9-20/h4-5,11,13,19H,3,6-10,12H2,1-2H3. The van der Waals surface area contributed by atoms with Crippen LogP contribution in [-0.2, 0) is 9.59 Å². The van der Waals surface area contributed by atoms with E-state index >= 15 is 0 Å². The van der Waals surface area contributed by atoms with Gasteiger partial charge in [0.05, 0.1) is 20.1 Å². The molecule has 0 spiro atoms. The first-order valence-corrected chi connectivity index (χ1v) is 8.66. The number of amides is 2. The molecule has 7 heteroatoms. The second-order valence-corrected chi connectivity index (χ2v) is 6.37. The molecule has 2 aliphatic heterocycles. The minimum absolute atomic E-state index is 0.0292. The van der Waals surface area contributed by atoms with E-state index < -0.39 is 0 Å². The first-order chi connectivity index (χ1) is 12.1. The number of hydrogen-bond acceptors (Lipinski definition) is 5. The SMILES string of the molecule is COc1ccc(N2CC(C(=O)N3CCCNCC3)CC2=O)cc1OC. The Morgan fingerprint density at radius 1 is 1.16 bits per heavy atom. The molecule has 1 unspecified atom stereocenters. The minimum atomic E-state index is -0.279. The maximum atomic E-state index is 12.8. The molecule has 0 aromatic heterocycles. The summed E-state index contributed by atoms with van der Waals surface area (Å²) >= 11 is 0. The Kier molecular flexibility index (Phi) is 5.43. The predicted octanol–water partition coefficient (Wildman–Crippen LogP) is 0.879. The van der Waals surface area contributed by atoms with Crippen molar-refractivity contribution in [3.05, 3.63) is 18.2 Å². The third-order valence-electron chi connectivity index (χ3n) is 4.80. The Labute approximate surface area is 147 Å². The molecule has 25 heavy (non-hydrogen) atoms. The Balaban J connectivity index is 1.72. The van der Waals surface area contributed by atoms with E-state index in [9.17, 15) is 9.59 Å². The summed E-state index contributed by atoms with van der Waals surface area (Å²) in [7, 11) is 3.14. The van der Waals surface area contributed by atoms with Gasteiger partial charge in [-0.05, 0) is 25.1 Å². The van der Waals surface area contributed by atoms with Gasteiger partial charge in [-0.15, -0.1) is 0 Å². The van der Waals surface area contributed by atoms with E-state index in [0.29, 0.717) is 24.6 Å². The Hall–Kier alpha value is -2.28. The molecular weight excluding hydrogens is 322 g/mol. The van der Waals surface area contributed by atoms with Crippen LogP contribution < -0.4 is 19.7 Å². The smallest absolute Gasteiger partial charge is 0.228 e. The van der Waals surface area contributed by atoms with Gasteiger partial charge in [0.1, 0.15) is 0 Å². The lowest BCUT2D eigenvalue weighted by atomic mass is 10.1. The van der Waals surface area contributed by atoms with Crippen LogP contribution in [0.3, 0.4) is 0 Å². The average Bonchev–Trinajstić information content (AvgIpc) is 2.85. The van der Waals surface area contributed by atoms with E-state index in [1.807, 2.05) is 11.0 Å². The Morgan fingerprint density at radius 3 is 2.72 bits per heavy atom. The molecule has 0 saturated carbocycles. The Morgan fingerprint density at radius 2 is 1.96 bits per heavy atom. The van der Waals surface area contributed by atoms with Crippen molar-refractivity contribution in [1.82, 2.24) is 10.2 Å². The van der Waals surface area contributed by atoms with Crippen molar-refractivity contribution in [3.63, 3.8) is 0 Å². The van der Waals surface area contributed by atoms with Crippen molar-refractivity contribution in [2.24, 2.45) is 5.92 Å². The van der Waals surface area contributed by atoms with Crippen molar-refractivity contribution >= 4 is 17.5 Å². The highest BCUT2D eigenvalue weighted by molar-refractivity contribution is 6.00. The van der Waals surface area contributed by atoms with Crippen molar-refractivity contribution in [2.75, 3.05) is 51.8 Å². The van der Waals surface area contributed by atoms with Crippen LogP contribution in [0.25, 0.3) is 0 Å². The lowest BCUT2D eigenvalue weighted by molar-refractivity contribution is -0.135. The van der Waals surface area contributed by atoms with E-state index in [1.54, 1.807) is 31.3 Å². The van der Waals surface area contributed by atoms with Gasteiger partial charge in [-0.3, -0.25) is 9.59 Å². The topological polar surface area (TPSA) is 71.1 Å². The highest BCUT2D eigenvalue weighted by Gasteiger charge is 2.37. The number of ether oxygens (including phenoxy) is 2. The van der Waals surface area contributed by atoms with E-state index in [-0.39, 0.29) is 24.2 Å². The molecule has 1 aromatic carbocycles. The fourth-order valence-corrected chi connectivity index (χ4v) is 3.44. The van der Waals surface area contributed by atoms with Gasteiger partial charge in [0, 0.05) is 44.4 Å². The molecule has 0 radical (unpaired) electrons. The number of carbonyl (C=O) groups excluding carboxylic acids is 2. The molecule has 2 aliphatic rings. The number of benzene rings is 1. The summed E-state index contributed by atoms with van der Waals surface area (Å²) < 4.78 is 10.5. The first kappa shape index (κ1) is 17.5. The van der Waals surface area contributed by atoms with Crippen LogP contribution in [-0.4, -0.2) is 63.7 Å². The van der Waals surface area contributed by atoms with Crippen LogP contribution in [0.1, 0.15) is 12.8 Å². The van der Waals surface area contributed by atoms with Gasteiger partial charge in [-0.1, -0.05) is 0 Å². The third kappa shape index (κ3) is 3.71. The molecule has 3 rings (SSSR count). The maximum absolute atomic E-state index is 12.8. The van der Waals surface area contributed by atoms with Gasteiger partial charge >= 0.3 is 0 Å². The number of methoxy groups -OCH3 is 2.